The van der Waals surface area contributed by atoms with Crippen molar-refractivity contribution in [1.29, 1.82) is 0 Å². The van der Waals surface area contributed by atoms with Gasteiger partial charge in [-0.05, 0) is 75.0 Å². The quantitative estimate of drug-likeness (QED) is 0.210. The molecular weight excluding hydrogens is 581 g/mol. The number of aromatic nitrogens is 2. The molecule has 12 heteroatoms. The van der Waals surface area contributed by atoms with Crippen molar-refractivity contribution in [3.63, 3.8) is 0 Å². The van der Waals surface area contributed by atoms with E-state index in [1.807, 2.05) is 0 Å². The van der Waals surface area contributed by atoms with Gasteiger partial charge in [-0.1, -0.05) is 30.3 Å². The Balaban J connectivity index is 1.09. The molecule has 1 aromatic heterocycles. The Morgan fingerprint density at radius 3 is 2.56 bits per heavy atom. The molecular formula is C31H35F3N4O4S. The Bertz CT molecular complexity index is 1480. The van der Waals surface area contributed by atoms with Crippen molar-refractivity contribution < 1.29 is 27.8 Å². The Labute approximate surface area is 252 Å². The van der Waals surface area contributed by atoms with Gasteiger partial charge in [-0.25, -0.2) is 4.98 Å². The van der Waals surface area contributed by atoms with Crippen molar-refractivity contribution in [2.45, 2.75) is 68.1 Å². The summed E-state index contributed by atoms with van der Waals surface area (Å²) in [4.78, 5) is 33.3. The zero-order chi connectivity index (χ0) is 30.4. The first-order valence-corrected chi connectivity index (χ1v) is 15.5. The number of ether oxygens (including phenoxy) is 1. The molecule has 0 radical (unpaired) electrons. The molecule has 1 aliphatic carbocycles. The number of phenols is 1. The van der Waals surface area contributed by atoms with Gasteiger partial charge >= 0.3 is 6.18 Å². The fraction of sp³-hybridized carbons (Fsp3) is 0.452. The molecule has 2 N–H and O–H groups in total. The number of hydrogen-bond donors (Lipinski definition) is 2. The molecule has 2 aliphatic rings. The van der Waals surface area contributed by atoms with Crippen LogP contribution >= 0.6 is 11.8 Å². The second kappa shape index (κ2) is 13.9. The van der Waals surface area contributed by atoms with Crippen LogP contribution in [0.25, 0.3) is 5.69 Å². The monoisotopic (exact) mass is 616 g/mol. The lowest BCUT2D eigenvalue weighted by Crippen LogP contribution is -2.44. The van der Waals surface area contributed by atoms with E-state index < -0.39 is 11.7 Å². The lowest BCUT2D eigenvalue weighted by molar-refractivity contribution is -0.137. The van der Waals surface area contributed by atoms with Crippen LogP contribution in [0.15, 0.2) is 58.5 Å². The average Bonchev–Trinajstić information content (AvgIpc) is 2.96. The summed E-state index contributed by atoms with van der Waals surface area (Å²) in [5.41, 5.74) is 0.627. The van der Waals surface area contributed by atoms with E-state index in [2.05, 4.69) is 5.32 Å². The highest BCUT2D eigenvalue weighted by molar-refractivity contribution is 7.99. The summed E-state index contributed by atoms with van der Waals surface area (Å²) in [6.07, 6.45) is 1.81. The van der Waals surface area contributed by atoms with Crippen molar-refractivity contribution in [1.82, 2.24) is 19.8 Å². The van der Waals surface area contributed by atoms with Gasteiger partial charge in [0, 0.05) is 18.2 Å². The number of thioether (sulfide) groups is 1. The Kier molecular flexibility index (Phi) is 9.97. The first-order valence-electron chi connectivity index (χ1n) is 14.6. The van der Waals surface area contributed by atoms with Gasteiger partial charge in [-0.3, -0.25) is 14.2 Å². The summed E-state index contributed by atoms with van der Waals surface area (Å²) in [5, 5.41) is 14.7. The van der Waals surface area contributed by atoms with Crippen LogP contribution in [0.1, 0.15) is 55.3 Å². The number of benzene rings is 2. The summed E-state index contributed by atoms with van der Waals surface area (Å²) in [5.74, 6) is 0.300. The fourth-order valence-electron chi connectivity index (χ4n) is 5.02. The minimum absolute atomic E-state index is 0.000836. The van der Waals surface area contributed by atoms with E-state index in [4.69, 9.17) is 9.72 Å². The number of hydrogen-bond acceptors (Lipinski definition) is 7. The first-order chi connectivity index (χ1) is 20.7. The van der Waals surface area contributed by atoms with E-state index >= 15 is 0 Å². The van der Waals surface area contributed by atoms with Gasteiger partial charge in [0.15, 0.2) is 5.16 Å². The van der Waals surface area contributed by atoms with Gasteiger partial charge in [0.1, 0.15) is 11.5 Å². The Morgan fingerprint density at radius 2 is 1.86 bits per heavy atom. The molecule has 1 aliphatic heterocycles. The number of aromatic hydroxyl groups is 1. The maximum Gasteiger partial charge on any atom is 0.416 e. The molecule has 230 valence electrons. The van der Waals surface area contributed by atoms with E-state index in [-0.39, 0.29) is 30.3 Å². The second-order valence-electron chi connectivity index (χ2n) is 10.8. The van der Waals surface area contributed by atoms with Crippen LogP contribution in [0.3, 0.4) is 0 Å². The van der Waals surface area contributed by atoms with E-state index in [0.717, 1.165) is 50.7 Å². The van der Waals surface area contributed by atoms with Crippen molar-refractivity contribution in [2.24, 2.45) is 0 Å². The number of para-hydroxylation sites is 2. The SMILES string of the molecule is O=C(CNCCCCCOc1ccc(C(F)(F)F)cc1)N1CCc2nc(SC3CCC3)n(-c3ccccc3O)c(=O)c2C1. The molecule has 43 heavy (non-hydrogen) atoms. The number of alkyl halides is 3. The number of nitrogens with one attached hydrogen (secondary N) is 1. The van der Waals surface area contributed by atoms with Crippen LogP contribution in [0.2, 0.25) is 0 Å². The number of amides is 1. The highest BCUT2D eigenvalue weighted by Gasteiger charge is 2.31. The smallest absolute Gasteiger partial charge is 0.416 e. The zero-order valence-electron chi connectivity index (χ0n) is 23.7. The van der Waals surface area contributed by atoms with Crippen LogP contribution in [0.4, 0.5) is 13.2 Å². The number of halogens is 3. The topological polar surface area (TPSA) is 96.7 Å². The summed E-state index contributed by atoms with van der Waals surface area (Å²) in [6.45, 7) is 1.82. The zero-order valence-corrected chi connectivity index (χ0v) is 24.6. The third-order valence-corrected chi connectivity index (χ3v) is 9.01. The molecule has 8 nitrogen and oxygen atoms in total. The predicted octanol–water partition coefficient (Wildman–Crippen LogP) is 5.33. The van der Waals surface area contributed by atoms with Crippen LogP contribution in [0.5, 0.6) is 11.5 Å². The van der Waals surface area contributed by atoms with Gasteiger partial charge in [0.05, 0.1) is 42.2 Å². The van der Waals surface area contributed by atoms with Crippen molar-refractivity contribution in [3.05, 3.63) is 75.7 Å². The molecule has 0 spiro atoms. The highest BCUT2D eigenvalue weighted by Crippen LogP contribution is 2.37. The van der Waals surface area contributed by atoms with Crippen molar-refractivity contribution in [3.8, 4) is 17.2 Å². The van der Waals surface area contributed by atoms with E-state index in [9.17, 15) is 27.9 Å². The van der Waals surface area contributed by atoms with Gasteiger partial charge in [0.2, 0.25) is 5.91 Å². The number of phenolic OH excluding ortho intramolecular Hbond substituents is 1. The molecule has 0 unspecified atom stereocenters. The lowest BCUT2D eigenvalue weighted by atomic mass is 10.0. The standard InChI is InChI=1S/C31H35F3N4O4S/c32-31(33,34)21-11-13-22(14-12-21)42-18-5-1-4-16-35-19-28(40)37-17-15-25-24(20-37)29(41)38(26-9-2-3-10-27(26)39)30(36-25)43-23-7-6-8-23/h2-3,9-14,23,35,39H,1,4-8,15-20H2. The summed E-state index contributed by atoms with van der Waals surface area (Å²) in [7, 11) is 0. The van der Waals surface area contributed by atoms with Crippen molar-refractivity contribution >= 4 is 17.7 Å². The number of carbonyl (C=O) groups is 1. The Morgan fingerprint density at radius 1 is 1.09 bits per heavy atom. The van der Waals surface area contributed by atoms with Crippen LogP contribution in [-0.2, 0) is 23.9 Å². The number of nitrogens with zero attached hydrogens (tertiary/aromatic N) is 3. The first kappa shape index (κ1) is 30.9. The molecule has 2 heterocycles. The van der Waals surface area contributed by atoms with Gasteiger partial charge < -0.3 is 20.1 Å². The summed E-state index contributed by atoms with van der Waals surface area (Å²) in [6, 6.07) is 11.4. The molecule has 3 aromatic rings. The number of rotatable bonds is 12. The largest absolute Gasteiger partial charge is 0.506 e. The maximum atomic E-state index is 13.8. The fourth-order valence-corrected chi connectivity index (χ4v) is 6.33. The molecule has 0 bridgehead atoms. The molecule has 5 rings (SSSR count). The average molecular weight is 617 g/mol. The van der Waals surface area contributed by atoms with Crippen LogP contribution in [0, 0.1) is 0 Å². The van der Waals surface area contributed by atoms with Gasteiger partial charge in [0.25, 0.3) is 5.56 Å². The molecule has 1 fully saturated rings. The van der Waals surface area contributed by atoms with E-state index in [0.29, 0.717) is 59.2 Å². The molecule has 0 atom stereocenters. The number of fused-ring (bicyclic) bond motifs is 1. The number of unbranched alkanes of at least 4 members (excludes halogenated alkanes) is 2. The highest BCUT2D eigenvalue weighted by atomic mass is 32.2. The summed E-state index contributed by atoms with van der Waals surface area (Å²) < 4.78 is 45.0. The predicted molar refractivity (Wildman–Crippen MR) is 158 cm³/mol. The minimum Gasteiger partial charge on any atom is -0.506 e. The maximum absolute atomic E-state index is 13.8. The van der Waals surface area contributed by atoms with Crippen LogP contribution in [-0.4, -0.2) is 57.0 Å². The normalized spacial score (nSPS) is 15.2. The Hall–Kier alpha value is -3.51. The number of carbonyl (C=O) groups excluding carboxylic acids is 1. The summed E-state index contributed by atoms with van der Waals surface area (Å²) >= 11 is 1.58. The molecule has 0 saturated heterocycles. The van der Waals surface area contributed by atoms with Crippen LogP contribution < -0.4 is 15.6 Å². The van der Waals surface area contributed by atoms with Gasteiger partial charge in [-0.15, -0.1) is 0 Å². The minimum atomic E-state index is -4.37. The molecule has 1 saturated carbocycles. The van der Waals surface area contributed by atoms with Gasteiger partial charge in [-0.2, -0.15) is 13.2 Å². The molecule has 2 aromatic carbocycles. The second-order valence-corrected chi connectivity index (χ2v) is 12.1. The third-order valence-electron chi connectivity index (χ3n) is 7.72. The third kappa shape index (κ3) is 7.72. The lowest BCUT2D eigenvalue weighted by Gasteiger charge is -2.30. The molecule has 1 amide bonds. The van der Waals surface area contributed by atoms with Crippen molar-refractivity contribution in [2.75, 3.05) is 26.2 Å². The van der Waals surface area contributed by atoms with E-state index in [1.54, 1.807) is 40.9 Å². The van der Waals surface area contributed by atoms with E-state index in [1.165, 1.54) is 16.7 Å².